The number of carbonyl (C=O) groups is 3. The lowest BCUT2D eigenvalue weighted by molar-refractivity contribution is -0.233. The molecule has 9 atom stereocenters. The average molecular weight is 531 g/mol. The van der Waals surface area contributed by atoms with Gasteiger partial charge in [0.2, 0.25) is 5.60 Å². The molecule has 0 bridgehead atoms. The van der Waals surface area contributed by atoms with Crippen molar-refractivity contribution in [1.82, 2.24) is 0 Å². The third-order valence-corrected chi connectivity index (χ3v) is 9.34. The molecule has 3 fully saturated rings. The number of aliphatic hydroxyl groups is 1. The molecule has 2 unspecified atom stereocenters. The second-order valence-corrected chi connectivity index (χ2v) is 11.5. The van der Waals surface area contributed by atoms with Crippen molar-refractivity contribution in [3.63, 3.8) is 0 Å². The molecule has 0 saturated heterocycles. The first-order chi connectivity index (χ1) is 16.7. The molecule has 0 heterocycles. The highest BCUT2D eigenvalue weighted by molar-refractivity contribution is 6.17. The molecule has 1 N–H and O–H groups in total. The molecule has 0 spiro atoms. The maximum atomic E-state index is 17.3. The summed E-state index contributed by atoms with van der Waals surface area (Å²) in [6.45, 7) is 8.05. The fourth-order valence-corrected chi connectivity index (χ4v) is 7.82. The topological polar surface area (TPSA) is 99.1 Å². The minimum atomic E-state index is -2.33. The van der Waals surface area contributed by atoms with E-state index in [0.717, 1.165) is 6.08 Å². The first-order valence-electron chi connectivity index (χ1n) is 12.3. The first kappa shape index (κ1) is 27.0. The molecule has 200 valence electrons. The summed E-state index contributed by atoms with van der Waals surface area (Å²) in [4.78, 5) is 38.1. The SMILES string of the molecule is CC(C)OC(=O)O[C@]1(C(=O)OCCl)[C@H](C)CC2C3C[C@H](F)C4=CC(=O)C=C[C@]4(C)[C@@]3(F)[C@@H](O)C[C@@]21C. The summed E-state index contributed by atoms with van der Waals surface area (Å²) in [5.41, 5.74) is -7.15. The third-order valence-electron chi connectivity index (χ3n) is 9.23. The normalized spacial score (nSPS) is 45.3. The van der Waals surface area contributed by atoms with Crippen LogP contribution in [0.15, 0.2) is 23.8 Å². The van der Waals surface area contributed by atoms with Crippen LogP contribution in [0.3, 0.4) is 0 Å². The van der Waals surface area contributed by atoms with Gasteiger partial charge in [-0.25, -0.2) is 18.4 Å². The Kier molecular flexibility index (Phi) is 6.60. The van der Waals surface area contributed by atoms with Gasteiger partial charge in [-0.1, -0.05) is 31.5 Å². The number of ketones is 1. The molecule has 0 aromatic rings. The number of hydrogen-bond acceptors (Lipinski definition) is 7. The Bertz CT molecular complexity index is 1030. The van der Waals surface area contributed by atoms with Gasteiger partial charge >= 0.3 is 12.1 Å². The van der Waals surface area contributed by atoms with Crippen molar-refractivity contribution in [2.45, 2.75) is 83.5 Å². The molecule has 10 heteroatoms. The molecule has 0 aromatic carbocycles. The van der Waals surface area contributed by atoms with Gasteiger partial charge in [-0.15, -0.1) is 0 Å². The van der Waals surface area contributed by atoms with E-state index in [1.807, 2.05) is 0 Å². The van der Waals surface area contributed by atoms with E-state index in [1.54, 1.807) is 27.7 Å². The van der Waals surface area contributed by atoms with Crippen LogP contribution < -0.4 is 0 Å². The zero-order valence-corrected chi connectivity index (χ0v) is 21.8. The molecule has 36 heavy (non-hydrogen) atoms. The van der Waals surface area contributed by atoms with E-state index in [4.69, 9.17) is 25.8 Å². The molecule has 0 aliphatic heterocycles. The largest absolute Gasteiger partial charge is 0.509 e. The molecule has 3 saturated carbocycles. The van der Waals surface area contributed by atoms with Gasteiger partial charge in [0.25, 0.3) is 0 Å². The van der Waals surface area contributed by atoms with E-state index in [-0.39, 0.29) is 24.8 Å². The van der Waals surface area contributed by atoms with Gasteiger partial charge < -0.3 is 19.3 Å². The number of esters is 1. The number of aliphatic hydroxyl groups excluding tert-OH is 1. The van der Waals surface area contributed by atoms with E-state index in [9.17, 15) is 19.5 Å². The Morgan fingerprint density at radius 1 is 1.25 bits per heavy atom. The number of halogens is 3. The number of fused-ring (bicyclic) bond motifs is 5. The molecule has 4 rings (SSSR count). The van der Waals surface area contributed by atoms with Crippen molar-refractivity contribution in [1.29, 1.82) is 0 Å². The van der Waals surface area contributed by atoms with E-state index < -0.39 is 82.2 Å². The lowest BCUT2D eigenvalue weighted by atomic mass is 9.44. The standard InChI is InChI=1S/C26H33ClF2O7/c1-13(2)35-22(33)36-26(21(32)34-12-27)14(3)8-16-17-10-19(28)18-9-15(30)6-7-23(18,4)25(17,29)20(31)11-24(16,26)5/h6-7,9,13-14,16-17,19-20,31H,8,10-12H2,1-5H3/t14-,16?,17?,19+,20+,23+,24+,25+,26+/m1/s1. The minimum absolute atomic E-state index is 0.00650. The van der Waals surface area contributed by atoms with Gasteiger partial charge in [-0.3, -0.25) is 4.79 Å². The lowest BCUT2D eigenvalue weighted by Gasteiger charge is -2.62. The molecule has 4 aliphatic carbocycles. The summed E-state index contributed by atoms with van der Waals surface area (Å²) < 4.78 is 49.0. The Labute approximate surface area is 214 Å². The van der Waals surface area contributed by atoms with E-state index in [0.29, 0.717) is 0 Å². The summed E-state index contributed by atoms with van der Waals surface area (Å²) in [6, 6.07) is -0.507. The van der Waals surface area contributed by atoms with E-state index >= 15 is 8.78 Å². The van der Waals surface area contributed by atoms with Crippen molar-refractivity contribution < 1.29 is 42.5 Å². The zero-order valence-electron chi connectivity index (χ0n) is 21.1. The third kappa shape index (κ3) is 3.41. The number of hydrogen-bond donors (Lipinski definition) is 1. The van der Waals surface area contributed by atoms with Crippen LogP contribution in [0.25, 0.3) is 0 Å². The summed E-state index contributed by atoms with van der Waals surface area (Å²) in [5, 5.41) is 11.4. The van der Waals surface area contributed by atoms with Crippen LogP contribution in [0.2, 0.25) is 0 Å². The number of ether oxygens (including phenoxy) is 3. The van der Waals surface area contributed by atoms with E-state index in [2.05, 4.69) is 0 Å². The second kappa shape index (κ2) is 8.79. The van der Waals surface area contributed by atoms with Gasteiger partial charge in [0, 0.05) is 22.7 Å². The van der Waals surface area contributed by atoms with Crippen molar-refractivity contribution >= 4 is 29.5 Å². The number of alkyl halides is 3. The fraction of sp³-hybridized carbons (Fsp3) is 0.731. The van der Waals surface area contributed by atoms with Crippen LogP contribution in [0.1, 0.15) is 53.9 Å². The molecular formula is C26H33ClF2O7. The van der Waals surface area contributed by atoms with Crippen molar-refractivity contribution in [3.8, 4) is 0 Å². The Balaban J connectivity index is 1.84. The van der Waals surface area contributed by atoms with Crippen LogP contribution in [0.5, 0.6) is 0 Å². The van der Waals surface area contributed by atoms with Crippen LogP contribution in [-0.4, -0.2) is 58.7 Å². The van der Waals surface area contributed by atoms with Crippen LogP contribution in [0.4, 0.5) is 13.6 Å². The maximum absolute atomic E-state index is 17.3. The predicted molar refractivity (Wildman–Crippen MR) is 125 cm³/mol. The molecule has 0 radical (unpaired) electrons. The predicted octanol–water partition coefficient (Wildman–Crippen LogP) is 4.59. The summed E-state index contributed by atoms with van der Waals surface area (Å²) >= 11 is 5.70. The summed E-state index contributed by atoms with van der Waals surface area (Å²) in [5.74, 6) is -3.74. The fourth-order valence-electron chi connectivity index (χ4n) is 7.72. The van der Waals surface area contributed by atoms with Crippen LogP contribution >= 0.6 is 11.6 Å². The highest BCUT2D eigenvalue weighted by atomic mass is 35.5. The number of rotatable bonds is 4. The zero-order chi connectivity index (χ0) is 26.8. The van der Waals surface area contributed by atoms with Gasteiger partial charge in [-0.05, 0) is 63.7 Å². The molecule has 0 aromatic heterocycles. The molecular weight excluding hydrogens is 498 g/mol. The van der Waals surface area contributed by atoms with Gasteiger partial charge in [-0.2, -0.15) is 0 Å². The smallest absolute Gasteiger partial charge is 0.446 e. The number of allylic oxidation sites excluding steroid dienone is 4. The lowest BCUT2D eigenvalue weighted by Crippen LogP contribution is -2.71. The van der Waals surface area contributed by atoms with E-state index in [1.165, 1.54) is 19.1 Å². The van der Waals surface area contributed by atoms with Gasteiger partial charge in [0.15, 0.2) is 17.5 Å². The Morgan fingerprint density at radius 2 is 1.92 bits per heavy atom. The number of carbonyl (C=O) groups excluding carboxylic acids is 3. The first-order valence-corrected chi connectivity index (χ1v) is 12.8. The van der Waals surface area contributed by atoms with Crippen LogP contribution in [-0.2, 0) is 23.8 Å². The molecule has 4 aliphatic rings. The monoisotopic (exact) mass is 530 g/mol. The van der Waals surface area contributed by atoms with Crippen molar-refractivity contribution in [3.05, 3.63) is 23.8 Å². The molecule has 0 amide bonds. The second-order valence-electron chi connectivity index (χ2n) is 11.3. The van der Waals surface area contributed by atoms with Crippen LogP contribution in [0, 0.1) is 28.6 Å². The van der Waals surface area contributed by atoms with Gasteiger partial charge in [0.05, 0.1) is 12.2 Å². The maximum Gasteiger partial charge on any atom is 0.509 e. The van der Waals surface area contributed by atoms with Crippen molar-refractivity contribution in [2.24, 2.45) is 28.6 Å². The summed E-state index contributed by atoms with van der Waals surface area (Å²) in [7, 11) is 0. The highest BCUT2D eigenvalue weighted by Crippen LogP contribution is 2.71. The Hall–Kier alpha value is -2.00. The van der Waals surface area contributed by atoms with Gasteiger partial charge in [0.1, 0.15) is 6.17 Å². The van der Waals surface area contributed by atoms with Crippen molar-refractivity contribution in [2.75, 3.05) is 6.07 Å². The minimum Gasteiger partial charge on any atom is -0.446 e. The Morgan fingerprint density at radius 3 is 2.53 bits per heavy atom. The molecule has 7 nitrogen and oxygen atoms in total. The quantitative estimate of drug-likeness (QED) is 0.419. The average Bonchev–Trinajstić information content (AvgIpc) is 2.99. The summed E-state index contributed by atoms with van der Waals surface area (Å²) in [6.07, 6.45) is -1.63. The highest BCUT2D eigenvalue weighted by Gasteiger charge is 2.79.